The van der Waals surface area contributed by atoms with Gasteiger partial charge in [-0.2, -0.15) is 23.7 Å². The first kappa shape index (κ1) is 17.9. The van der Waals surface area contributed by atoms with Crippen LogP contribution in [-0.4, -0.2) is 18.3 Å². The van der Waals surface area contributed by atoms with E-state index in [1.807, 2.05) is 0 Å². The van der Waals surface area contributed by atoms with Gasteiger partial charge in [-0.15, -0.1) is 0 Å². The molecule has 1 aromatic heterocycles. The van der Waals surface area contributed by atoms with Crippen LogP contribution in [0.3, 0.4) is 0 Å². The van der Waals surface area contributed by atoms with Crippen molar-refractivity contribution in [2.75, 3.05) is 13.7 Å². The molecule has 2 rings (SSSR count). The van der Waals surface area contributed by atoms with Gasteiger partial charge in [-0.05, 0) is 17.7 Å². The summed E-state index contributed by atoms with van der Waals surface area (Å²) < 4.78 is 46.8. The number of hydrogen-bond acceptors (Lipinski definition) is 3. The predicted octanol–water partition coefficient (Wildman–Crippen LogP) is 4.22. The van der Waals surface area contributed by atoms with Gasteiger partial charge in [-0.1, -0.05) is 23.7 Å². The highest BCUT2D eigenvalue weighted by atomic mass is 35.5. The summed E-state index contributed by atoms with van der Waals surface area (Å²) in [6.07, 6.45) is -4.79. The second-order valence-corrected chi connectivity index (χ2v) is 5.26. The van der Waals surface area contributed by atoms with Crippen LogP contribution in [0.25, 0.3) is 11.3 Å². The fourth-order valence-corrected chi connectivity index (χ4v) is 2.56. The van der Waals surface area contributed by atoms with Gasteiger partial charge < -0.3 is 9.30 Å². The van der Waals surface area contributed by atoms with Crippen LogP contribution in [0.15, 0.2) is 24.3 Å². The second-order valence-electron chi connectivity index (χ2n) is 4.82. The van der Waals surface area contributed by atoms with Gasteiger partial charge in [-0.3, -0.25) is 0 Å². The first-order valence-corrected chi connectivity index (χ1v) is 7.11. The van der Waals surface area contributed by atoms with Crippen LogP contribution in [0, 0.1) is 22.7 Å². The van der Waals surface area contributed by atoms with E-state index >= 15 is 0 Å². The highest BCUT2D eigenvalue weighted by Gasteiger charge is 2.41. The molecule has 24 heavy (non-hydrogen) atoms. The summed E-state index contributed by atoms with van der Waals surface area (Å²) in [5.41, 5.74) is -2.19. The molecule has 0 bridgehead atoms. The van der Waals surface area contributed by atoms with Crippen molar-refractivity contribution in [3.63, 3.8) is 0 Å². The average Bonchev–Trinajstić information content (AvgIpc) is 2.87. The maximum absolute atomic E-state index is 13.6. The highest BCUT2D eigenvalue weighted by molar-refractivity contribution is 6.30. The number of alkyl halides is 3. The molecule has 0 saturated heterocycles. The van der Waals surface area contributed by atoms with Crippen LogP contribution >= 0.6 is 11.6 Å². The Kier molecular flexibility index (Phi) is 5.18. The van der Waals surface area contributed by atoms with Gasteiger partial charge in [0, 0.05) is 18.7 Å². The lowest BCUT2D eigenvalue weighted by Crippen LogP contribution is -2.11. The lowest BCUT2D eigenvalue weighted by atomic mass is 10.0. The lowest BCUT2D eigenvalue weighted by molar-refractivity contribution is -0.137. The van der Waals surface area contributed by atoms with Crippen molar-refractivity contribution in [3.05, 3.63) is 46.1 Å². The van der Waals surface area contributed by atoms with Crippen molar-refractivity contribution in [3.8, 4) is 23.4 Å². The van der Waals surface area contributed by atoms with Gasteiger partial charge in [0.2, 0.25) is 0 Å². The van der Waals surface area contributed by atoms with Gasteiger partial charge in [-0.25, -0.2) is 0 Å². The zero-order valence-electron chi connectivity index (χ0n) is 12.5. The Balaban J connectivity index is 2.87. The molecule has 0 radical (unpaired) electrons. The predicted molar refractivity (Wildman–Crippen MR) is 81.2 cm³/mol. The molecule has 0 N–H and O–H groups in total. The van der Waals surface area contributed by atoms with E-state index in [4.69, 9.17) is 16.3 Å². The van der Waals surface area contributed by atoms with Crippen molar-refractivity contribution in [2.45, 2.75) is 12.7 Å². The molecule has 0 saturated carbocycles. The summed E-state index contributed by atoms with van der Waals surface area (Å²) in [6.45, 7) is 0.0915. The lowest BCUT2D eigenvalue weighted by Gasteiger charge is -2.14. The van der Waals surface area contributed by atoms with E-state index in [0.717, 1.165) is 4.57 Å². The van der Waals surface area contributed by atoms with Gasteiger partial charge in [0.05, 0.1) is 12.3 Å². The first-order chi connectivity index (χ1) is 11.3. The number of nitrogens with zero attached hydrogens (tertiary/aromatic N) is 3. The second kappa shape index (κ2) is 6.96. The van der Waals surface area contributed by atoms with Gasteiger partial charge in [0.15, 0.2) is 0 Å². The van der Waals surface area contributed by atoms with E-state index in [0.29, 0.717) is 5.02 Å². The van der Waals surface area contributed by atoms with Crippen molar-refractivity contribution in [1.82, 2.24) is 4.57 Å². The van der Waals surface area contributed by atoms with Crippen molar-refractivity contribution < 1.29 is 17.9 Å². The number of halogens is 4. The van der Waals surface area contributed by atoms with Crippen LogP contribution in [-0.2, 0) is 17.5 Å². The number of aromatic nitrogens is 1. The van der Waals surface area contributed by atoms with Crippen LogP contribution in [0.2, 0.25) is 5.02 Å². The minimum atomic E-state index is -4.79. The van der Waals surface area contributed by atoms with E-state index in [-0.39, 0.29) is 30.1 Å². The molecule has 1 heterocycles. The molecule has 0 aliphatic carbocycles. The van der Waals surface area contributed by atoms with E-state index in [1.54, 1.807) is 6.07 Å². The summed E-state index contributed by atoms with van der Waals surface area (Å²) >= 11 is 5.79. The van der Waals surface area contributed by atoms with Crippen molar-refractivity contribution in [1.29, 1.82) is 10.5 Å². The zero-order valence-corrected chi connectivity index (χ0v) is 13.2. The Bertz CT molecular complexity index is 827. The maximum atomic E-state index is 13.6. The Morgan fingerprint density at radius 1 is 1.17 bits per heavy atom. The topological polar surface area (TPSA) is 61.7 Å². The molecule has 0 aliphatic rings. The van der Waals surface area contributed by atoms with Crippen LogP contribution in [0.1, 0.15) is 16.8 Å². The minimum absolute atomic E-state index is 0.00210. The molecular formula is C16H11ClF3N3O. The molecule has 0 fully saturated rings. The van der Waals surface area contributed by atoms with Crippen LogP contribution in [0.4, 0.5) is 13.2 Å². The van der Waals surface area contributed by atoms with Gasteiger partial charge >= 0.3 is 6.18 Å². The Morgan fingerprint density at radius 2 is 1.79 bits per heavy atom. The van der Waals surface area contributed by atoms with E-state index in [2.05, 4.69) is 0 Å². The molecule has 0 spiro atoms. The summed E-state index contributed by atoms with van der Waals surface area (Å²) in [4.78, 5) is 0. The Morgan fingerprint density at radius 3 is 2.25 bits per heavy atom. The minimum Gasteiger partial charge on any atom is -0.383 e. The molecule has 2 aromatic rings. The molecular weight excluding hydrogens is 343 g/mol. The third kappa shape index (κ3) is 3.23. The maximum Gasteiger partial charge on any atom is 0.419 e. The van der Waals surface area contributed by atoms with Crippen molar-refractivity contribution >= 4 is 11.6 Å². The SMILES string of the molecule is COCCn1c(C#N)c(C#N)c(C(F)(F)F)c1-c1ccc(Cl)cc1. The quantitative estimate of drug-likeness (QED) is 0.826. The number of ether oxygens (including phenoxy) is 1. The summed E-state index contributed by atoms with van der Waals surface area (Å²) in [5.74, 6) is 0. The third-order valence-electron chi connectivity index (χ3n) is 3.40. The molecule has 4 nitrogen and oxygen atoms in total. The molecule has 0 atom stereocenters. The fourth-order valence-electron chi connectivity index (χ4n) is 2.43. The fraction of sp³-hybridized carbons (Fsp3) is 0.250. The van der Waals surface area contributed by atoms with Gasteiger partial charge in [0.25, 0.3) is 0 Å². The number of nitriles is 2. The van der Waals surface area contributed by atoms with E-state index in [9.17, 15) is 23.7 Å². The van der Waals surface area contributed by atoms with E-state index < -0.39 is 17.3 Å². The Labute approximate surface area is 141 Å². The molecule has 0 amide bonds. The molecule has 1 aromatic carbocycles. The number of rotatable bonds is 4. The standard InChI is InChI=1S/C16H11ClF3N3O/c1-24-7-6-23-13(9-22)12(8-21)14(16(18,19)20)15(23)10-2-4-11(17)5-3-10/h2-5H,6-7H2,1H3. The third-order valence-corrected chi connectivity index (χ3v) is 3.65. The number of hydrogen-bond donors (Lipinski definition) is 0. The largest absolute Gasteiger partial charge is 0.419 e. The molecule has 0 aliphatic heterocycles. The molecule has 0 unspecified atom stereocenters. The molecule has 8 heteroatoms. The summed E-state index contributed by atoms with van der Waals surface area (Å²) in [7, 11) is 1.40. The first-order valence-electron chi connectivity index (χ1n) is 6.73. The summed E-state index contributed by atoms with van der Waals surface area (Å²) in [6, 6.07) is 8.93. The van der Waals surface area contributed by atoms with Crippen molar-refractivity contribution in [2.24, 2.45) is 0 Å². The van der Waals surface area contributed by atoms with Crippen LogP contribution < -0.4 is 0 Å². The zero-order chi connectivity index (χ0) is 17.9. The van der Waals surface area contributed by atoms with E-state index in [1.165, 1.54) is 37.4 Å². The number of benzene rings is 1. The highest BCUT2D eigenvalue weighted by Crippen LogP contribution is 2.42. The summed E-state index contributed by atoms with van der Waals surface area (Å²) in [5, 5.41) is 18.8. The number of methoxy groups -OCH3 is 1. The van der Waals surface area contributed by atoms with Crippen LogP contribution in [0.5, 0.6) is 0 Å². The smallest absolute Gasteiger partial charge is 0.383 e. The molecule has 124 valence electrons. The van der Waals surface area contributed by atoms with Gasteiger partial charge in [0.1, 0.15) is 29.0 Å². The monoisotopic (exact) mass is 353 g/mol. The average molecular weight is 354 g/mol. The Hall–Kier alpha value is -2.48. The normalized spacial score (nSPS) is 11.1.